The number of hydrogen-bond donors (Lipinski definition) is 1. The first-order valence-corrected chi connectivity index (χ1v) is 6.83. The number of para-hydroxylation sites is 1. The molecule has 0 saturated heterocycles. The molecule has 1 rings (SSSR count). The molecule has 0 spiro atoms. The van der Waals surface area contributed by atoms with Gasteiger partial charge in [-0.15, -0.1) is 11.6 Å². The first-order chi connectivity index (χ1) is 8.42. The molecule has 1 aromatic carbocycles. The quantitative estimate of drug-likeness (QED) is 0.793. The Morgan fingerprint density at radius 3 is 2.56 bits per heavy atom. The Morgan fingerprint density at radius 1 is 1.28 bits per heavy atom. The lowest BCUT2D eigenvalue weighted by Gasteiger charge is -2.22. The van der Waals surface area contributed by atoms with Crippen molar-refractivity contribution >= 4 is 11.6 Å². The van der Waals surface area contributed by atoms with Crippen molar-refractivity contribution in [3.8, 4) is 5.75 Å². The fourth-order valence-corrected chi connectivity index (χ4v) is 2.52. The van der Waals surface area contributed by atoms with Crippen LogP contribution in [0.25, 0.3) is 0 Å². The van der Waals surface area contributed by atoms with Gasteiger partial charge < -0.3 is 10.1 Å². The van der Waals surface area contributed by atoms with Gasteiger partial charge in [0.05, 0.1) is 7.11 Å². The van der Waals surface area contributed by atoms with E-state index in [0.717, 1.165) is 25.3 Å². The van der Waals surface area contributed by atoms with E-state index in [9.17, 15) is 0 Å². The molecule has 0 bridgehead atoms. The van der Waals surface area contributed by atoms with Gasteiger partial charge in [-0.2, -0.15) is 0 Å². The summed E-state index contributed by atoms with van der Waals surface area (Å²) < 4.78 is 5.31. The van der Waals surface area contributed by atoms with E-state index < -0.39 is 0 Å². The third-order valence-electron chi connectivity index (χ3n) is 2.71. The molecule has 1 N–H and O–H groups in total. The molecule has 0 fully saturated rings. The average molecular weight is 270 g/mol. The zero-order chi connectivity index (χ0) is 13.6. The molecule has 1 aromatic rings. The molecule has 0 radical (unpaired) electrons. The second-order valence-corrected chi connectivity index (χ2v) is 6.42. The molecule has 0 aliphatic rings. The largest absolute Gasteiger partial charge is 0.496 e. The molecule has 0 amide bonds. The first kappa shape index (κ1) is 15.3. The average Bonchev–Trinajstić information content (AvgIpc) is 2.27. The van der Waals surface area contributed by atoms with E-state index in [4.69, 9.17) is 16.3 Å². The van der Waals surface area contributed by atoms with Gasteiger partial charge in [0.1, 0.15) is 5.75 Å². The zero-order valence-electron chi connectivity index (χ0n) is 11.8. The highest BCUT2D eigenvalue weighted by Crippen LogP contribution is 2.23. The Hall–Kier alpha value is -0.730. The van der Waals surface area contributed by atoms with Crippen LogP contribution in [0.4, 0.5) is 0 Å². The van der Waals surface area contributed by atoms with Crippen LogP contribution in [0, 0.1) is 5.41 Å². The van der Waals surface area contributed by atoms with Gasteiger partial charge in [0.2, 0.25) is 0 Å². The minimum Gasteiger partial charge on any atom is -0.496 e. The van der Waals surface area contributed by atoms with E-state index in [-0.39, 0.29) is 10.8 Å². The molecule has 3 heteroatoms. The highest BCUT2D eigenvalue weighted by atomic mass is 35.5. The predicted octanol–water partition coefficient (Wildman–Crippen LogP) is 3.83. The molecular formula is C15H24ClNO. The molecule has 1 atom stereocenters. The lowest BCUT2D eigenvalue weighted by molar-refractivity contribution is 0.363. The summed E-state index contributed by atoms with van der Waals surface area (Å²) in [4.78, 5) is 0. The maximum atomic E-state index is 6.31. The molecule has 0 saturated carbocycles. The van der Waals surface area contributed by atoms with E-state index in [2.05, 4.69) is 32.2 Å². The molecule has 2 nitrogen and oxygen atoms in total. The SMILES string of the molecule is COc1ccccc1CNCC(Cl)CC(C)(C)C. The van der Waals surface area contributed by atoms with Crippen LogP contribution < -0.4 is 10.1 Å². The molecule has 18 heavy (non-hydrogen) atoms. The lowest BCUT2D eigenvalue weighted by Crippen LogP contribution is -2.26. The number of rotatable bonds is 6. The molecule has 0 aliphatic heterocycles. The number of nitrogens with one attached hydrogen (secondary N) is 1. The van der Waals surface area contributed by atoms with Gasteiger partial charge in [-0.05, 0) is 17.9 Å². The predicted molar refractivity (Wildman–Crippen MR) is 78.4 cm³/mol. The van der Waals surface area contributed by atoms with Crippen LogP contribution in [-0.4, -0.2) is 19.0 Å². The smallest absolute Gasteiger partial charge is 0.123 e. The van der Waals surface area contributed by atoms with Crippen molar-refractivity contribution in [1.82, 2.24) is 5.32 Å². The summed E-state index contributed by atoms with van der Waals surface area (Å²) in [5.74, 6) is 0.923. The second-order valence-electron chi connectivity index (χ2n) is 5.80. The van der Waals surface area contributed by atoms with Crippen molar-refractivity contribution in [2.45, 2.75) is 39.1 Å². The minimum atomic E-state index is 0.166. The van der Waals surface area contributed by atoms with E-state index in [1.165, 1.54) is 5.56 Å². The summed E-state index contributed by atoms with van der Waals surface area (Å²) >= 11 is 6.31. The minimum absolute atomic E-state index is 0.166. The van der Waals surface area contributed by atoms with Gasteiger partial charge in [-0.3, -0.25) is 0 Å². The Balaban J connectivity index is 2.37. The zero-order valence-corrected chi connectivity index (χ0v) is 12.6. The summed E-state index contributed by atoms with van der Waals surface area (Å²) in [6.45, 7) is 8.24. The van der Waals surface area contributed by atoms with E-state index in [1.807, 2.05) is 18.2 Å². The number of methoxy groups -OCH3 is 1. The van der Waals surface area contributed by atoms with E-state index >= 15 is 0 Å². The van der Waals surface area contributed by atoms with Crippen molar-refractivity contribution in [1.29, 1.82) is 0 Å². The van der Waals surface area contributed by atoms with E-state index in [0.29, 0.717) is 0 Å². The van der Waals surface area contributed by atoms with Crippen LogP contribution in [-0.2, 0) is 6.54 Å². The topological polar surface area (TPSA) is 21.3 Å². The normalized spacial score (nSPS) is 13.4. The molecule has 1 unspecified atom stereocenters. The van der Waals surface area contributed by atoms with Crippen LogP contribution in [0.15, 0.2) is 24.3 Å². The van der Waals surface area contributed by atoms with Crippen molar-refractivity contribution in [2.24, 2.45) is 5.41 Å². The maximum absolute atomic E-state index is 6.31. The van der Waals surface area contributed by atoms with E-state index in [1.54, 1.807) is 7.11 Å². The standard InChI is InChI=1S/C15H24ClNO/c1-15(2,3)9-13(16)11-17-10-12-7-5-6-8-14(12)18-4/h5-8,13,17H,9-11H2,1-4H3. The highest BCUT2D eigenvalue weighted by molar-refractivity contribution is 6.20. The van der Waals surface area contributed by atoms with Crippen LogP contribution in [0.2, 0.25) is 0 Å². The monoisotopic (exact) mass is 269 g/mol. The van der Waals surface area contributed by atoms with Gasteiger partial charge in [0.15, 0.2) is 0 Å². The molecule has 0 heterocycles. The van der Waals surface area contributed by atoms with Gasteiger partial charge >= 0.3 is 0 Å². The second kappa shape index (κ2) is 7.01. The first-order valence-electron chi connectivity index (χ1n) is 6.39. The van der Waals surface area contributed by atoms with Crippen molar-refractivity contribution in [3.05, 3.63) is 29.8 Å². The summed E-state index contributed by atoms with van der Waals surface area (Å²) in [5.41, 5.74) is 1.44. The van der Waals surface area contributed by atoms with Gasteiger partial charge in [0.25, 0.3) is 0 Å². The number of benzene rings is 1. The number of ether oxygens (including phenoxy) is 1. The number of alkyl halides is 1. The number of halogens is 1. The summed E-state index contributed by atoms with van der Waals surface area (Å²) in [7, 11) is 1.70. The Bertz CT molecular complexity index is 360. The Labute approximate surface area is 116 Å². The fraction of sp³-hybridized carbons (Fsp3) is 0.600. The third-order valence-corrected chi connectivity index (χ3v) is 3.02. The Morgan fingerprint density at radius 2 is 1.94 bits per heavy atom. The summed E-state index contributed by atoms with van der Waals surface area (Å²) in [5, 5.41) is 3.55. The van der Waals surface area contributed by atoms with Crippen molar-refractivity contribution in [3.63, 3.8) is 0 Å². The number of hydrogen-bond acceptors (Lipinski definition) is 2. The van der Waals surface area contributed by atoms with Crippen LogP contribution in [0.5, 0.6) is 5.75 Å². The summed E-state index contributed by atoms with van der Waals surface area (Å²) in [6.07, 6.45) is 1.01. The molecule has 0 aromatic heterocycles. The van der Waals surface area contributed by atoms with Crippen LogP contribution >= 0.6 is 11.6 Å². The molecular weight excluding hydrogens is 246 g/mol. The van der Waals surface area contributed by atoms with Crippen molar-refractivity contribution in [2.75, 3.05) is 13.7 Å². The van der Waals surface area contributed by atoms with Crippen molar-refractivity contribution < 1.29 is 4.74 Å². The van der Waals surface area contributed by atoms with Gasteiger partial charge in [0, 0.05) is 24.0 Å². The van der Waals surface area contributed by atoms with Gasteiger partial charge in [-0.1, -0.05) is 39.0 Å². The third kappa shape index (κ3) is 5.74. The van der Waals surface area contributed by atoms with Crippen LogP contribution in [0.3, 0.4) is 0 Å². The van der Waals surface area contributed by atoms with Crippen LogP contribution in [0.1, 0.15) is 32.8 Å². The molecule has 102 valence electrons. The lowest BCUT2D eigenvalue weighted by atomic mass is 9.90. The maximum Gasteiger partial charge on any atom is 0.123 e. The highest BCUT2D eigenvalue weighted by Gasteiger charge is 2.16. The Kier molecular flexibility index (Phi) is 5.97. The molecule has 0 aliphatic carbocycles. The van der Waals surface area contributed by atoms with Gasteiger partial charge in [-0.25, -0.2) is 0 Å². The summed E-state index contributed by atoms with van der Waals surface area (Å²) in [6, 6.07) is 8.04. The fourth-order valence-electron chi connectivity index (χ4n) is 1.95.